The summed E-state index contributed by atoms with van der Waals surface area (Å²) in [6.07, 6.45) is 0. The molecule has 0 atom stereocenters. The van der Waals surface area contributed by atoms with E-state index in [0.717, 1.165) is 0 Å². The monoisotopic (exact) mass is 354 g/mol. The molecule has 0 aliphatic heterocycles. The van der Waals surface area contributed by atoms with Crippen LogP contribution in [-0.4, -0.2) is 12.0 Å². The van der Waals surface area contributed by atoms with E-state index in [1.54, 1.807) is 19.2 Å². The van der Waals surface area contributed by atoms with Gasteiger partial charge in [-0.3, -0.25) is 10.1 Å². The third-order valence-corrected chi connectivity index (χ3v) is 3.47. The number of anilines is 1. The maximum Gasteiger partial charge on any atom is 0.292 e. The number of nitro groups is 1. The molecule has 2 rings (SSSR count). The van der Waals surface area contributed by atoms with Gasteiger partial charge >= 0.3 is 0 Å². The van der Waals surface area contributed by atoms with Gasteiger partial charge in [-0.1, -0.05) is 6.07 Å². The van der Waals surface area contributed by atoms with Crippen molar-refractivity contribution in [3.63, 3.8) is 0 Å². The van der Waals surface area contributed by atoms with Gasteiger partial charge in [-0.05, 0) is 39.7 Å². The Morgan fingerprint density at radius 3 is 2.76 bits per heavy atom. The zero-order valence-corrected chi connectivity index (χ0v) is 12.7. The quantitative estimate of drug-likeness (QED) is 0.647. The van der Waals surface area contributed by atoms with E-state index in [1.807, 2.05) is 0 Å². The average Bonchev–Trinajstić information content (AvgIpc) is 2.47. The van der Waals surface area contributed by atoms with Gasteiger partial charge in [0.25, 0.3) is 5.69 Å². The summed E-state index contributed by atoms with van der Waals surface area (Å²) in [5.41, 5.74) is 1.02. The maximum absolute atomic E-state index is 13.1. The first-order valence-electron chi connectivity index (χ1n) is 6.04. The van der Waals surface area contributed by atoms with Crippen LogP contribution in [0.4, 0.5) is 15.8 Å². The van der Waals surface area contributed by atoms with Crippen LogP contribution >= 0.6 is 15.9 Å². The maximum atomic E-state index is 13.1. The Hall–Kier alpha value is -2.15. The van der Waals surface area contributed by atoms with Crippen LogP contribution in [0, 0.1) is 15.9 Å². The second kappa shape index (κ2) is 6.53. The lowest BCUT2D eigenvalue weighted by atomic mass is 10.2. The molecule has 21 heavy (non-hydrogen) atoms. The van der Waals surface area contributed by atoms with Crippen molar-refractivity contribution in [2.45, 2.75) is 6.61 Å². The first-order chi connectivity index (χ1) is 10.0. The topological polar surface area (TPSA) is 64.4 Å². The Morgan fingerprint density at radius 2 is 2.10 bits per heavy atom. The predicted octanol–water partition coefficient (Wildman–Crippen LogP) is 4.12. The molecule has 7 heteroatoms. The van der Waals surface area contributed by atoms with E-state index in [1.165, 1.54) is 24.3 Å². The fourth-order valence-corrected chi connectivity index (χ4v) is 2.14. The molecule has 0 saturated carbocycles. The van der Waals surface area contributed by atoms with Crippen molar-refractivity contribution in [1.82, 2.24) is 0 Å². The lowest BCUT2D eigenvalue weighted by Gasteiger charge is -2.09. The van der Waals surface area contributed by atoms with Gasteiger partial charge in [0.05, 0.1) is 9.40 Å². The molecule has 0 radical (unpaired) electrons. The van der Waals surface area contributed by atoms with Crippen molar-refractivity contribution in [3.8, 4) is 5.75 Å². The number of hydrogen-bond donors (Lipinski definition) is 1. The Balaban J connectivity index is 2.18. The number of hydrogen-bond acceptors (Lipinski definition) is 4. The van der Waals surface area contributed by atoms with Crippen molar-refractivity contribution >= 4 is 27.3 Å². The molecular weight excluding hydrogens is 343 g/mol. The van der Waals surface area contributed by atoms with Gasteiger partial charge in [-0.2, -0.15) is 0 Å². The molecule has 0 amide bonds. The number of nitro benzene ring substituents is 1. The summed E-state index contributed by atoms with van der Waals surface area (Å²) in [5.74, 6) is -0.0694. The van der Waals surface area contributed by atoms with Gasteiger partial charge in [0.15, 0.2) is 0 Å². The van der Waals surface area contributed by atoms with Crippen LogP contribution in [0.25, 0.3) is 0 Å². The van der Waals surface area contributed by atoms with Crippen molar-refractivity contribution in [2.24, 2.45) is 0 Å². The minimum Gasteiger partial charge on any atom is -0.488 e. The molecule has 0 saturated heterocycles. The molecule has 0 fully saturated rings. The largest absolute Gasteiger partial charge is 0.488 e. The van der Waals surface area contributed by atoms with E-state index in [9.17, 15) is 14.5 Å². The van der Waals surface area contributed by atoms with Gasteiger partial charge in [-0.15, -0.1) is 0 Å². The standard InChI is InChI=1S/C14H12BrFN2O3/c1-17-12-5-2-9(6-13(12)18(19)20)8-21-14-7-10(16)3-4-11(14)15/h2-7,17H,8H2,1H3. The summed E-state index contributed by atoms with van der Waals surface area (Å²) < 4.78 is 19.2. The third kappa shape index (κ3) is 3.69. The molecule has 2 aromatic rings. The van der Waals surface area contributed by atoms with E-state index < -0.39 is 10.7 Å². The van der Waals surface area contributed by atoms with Crippen molar-refractivity contribution in [2.75, 3.05) is 12.4 Å². The van der Waals surface area contributed by atoms with Gasteiger partial charge in [0.2, 0.25) is 0 Å². The minimum absolute atomic E-state index is 0.0306. The zero-order chi connectivity index (χ0) is 15.4. The molecule has 2 aromatic carbocycles. The van der Waals surface area contributed by atoms with Crippen LogP contribution in [0.15, 0.2) is 40.9 Å². The summed E-state index contributed by atoms with van der Waals surface area (Å²) in [4.78, 5) is 10.5. The second-order valence-electron chi connectivity index (χ2n) is 4.22. The molecule has 0 aliphatic carbocycles. The Bertz CT molecular complexity index is 679. The summed E-state index contributed by atoms with van der Waals surface area (Å²) in [6, 6.07) is 8.85. The van der Waals surface area contributed by atoms with E-state index >= 15 is 0 Å². The number of ether oxygens (including phenoxy) is 1. The number of rotatable bonds is 5. The fourth-order valence-electron chi connectivity index (χ4n) is 1.78. The summed E-state index contributed by atoms with van der Waals surface area (Å²) >= 11 is 3.25. The smallest absolute Gasteiger partial charge is 0.292 e. The first-order valence-corrected chi connectivity index (χ1v) is 6.83. The van der Waals surface area contributed by atoms with E-state index in [0.29, 0.717) is 21.5 Å². The normalized spacial score (nSPS) is 10.2. The second-order valence-corrected chi connectivity index (χ2v) is 5.08. The molecule has 0 heterocycles. The minimum atomic E-state index is -0.465. The molecule has 0 spiro atoms. The van der Waals surface area contributed by atoms with Crippen LogP contribution in [0.2, 0.25) is 0 Å². The Morgan fingerprint density at radius 1 is 1.33 bits per heavy atom. The molecular formula is C14H12BrFN2O3. The summed E-state index contributed by atoms with van der Waals surface area (Å²) in [5, 5.41) is 13.7. The number of nitrogens with zero attached hydrogens (tertiary/aromatic N) is 1. The van der Waals surface area contributed by atoms with Crippen LogP contribution in [0.5, 0.6) is 5.75 Å². The van der Waals surface area contributed by atoms with Crippen LogP contribution in [0.3, 0.4) is 0 Å². The molecule has 0 aliphatic rings. The number of halogens is 2. The Labute approximate surface area is 129 Å². The Kier molecular flexibility index (Phi) is 4.74. The highest BCUT2D eigenvalue weighted by Gasteiger charge is 2.14. The van der Waals surface area contributed by atoms with Crippen molar-refractivity contribution in [1.29, 1.82) is 0 Å². The van der Waals surface area contributed by atoms with Gasteiger partial charge in [0, 0.05) is 19.2 Å². The lowest BCUT2D eigenvalue weighted by Crippen LogP contribution is -2.01. The highest BCUT2D eigenvalue weighted by Crippen LogP contribution is 2.28. The molecule has 0 bridgehead atoms. The van der Waals surface area contributed by atoms with E-state index in [2.05, 4.69) is 21.2 Å². The SMILES string of the molecule is CNc1ccc(COc2cc(F)ccc2Br)cc1[N+](=O)[O-]. The van der Waals surface area contributed by atoms with Gasteiger partial charge in [0.1, 0.15) is 23.9 Å². The molecule has 5 nitrogen and oxygen atoms in total. The third-order valence-electron chi connectivity index (χ3n) is 2.82. The summed E-state index contributed by atoms with van der Waals surface area (Å²) in [6.45, 7) is 0.104. The highest BCUT2D eigenvalue weighted by atomic mass is 79.9. The number of nitrogens with one attached hydrogen (secondary N) is 1. The van der Waals surface area contributed by atoms with Crippen molar-refractivity contribution < 1.29 is 14.1 Å². The average molecular weight is 355 g/mol. The van der Waals surface area contributed by atoms with Crippen LogP contribution < -0.4 is 10.1 Å². The van der Waals surface area contributed by atoms with Gasteiger partial charge in [-0.25, -0.2) is 4.39 Å². The molecule has 0 aromatic heterocycles. The zero-order valence-electron chi connectivity index (χ0n) is 11.1. The van der Waals surface area contributed by atoms with E-state index in [4.69, 9.17) is 4.74 Å². The highest BCUT2D eigenvalue weighted by molar-refractivity contribution is 9.10. The van der Waals surface area contributed by atoms with Gasteiger partial charge < -0.3 is 10.1 Å². The fraction of sp³-hybridized carbons (Fsp3) is 0.143. The summed E-state index contributed by atoms with van der Waals surface area (Å²) in [7, 11) is 1.61. The molecule has 1 N–H and O–H groups in total. The molecule has 0 unspecified atom stereocenters. The predicted molar refractivity (Wildman–Crippen MR) is 81.1 cm³/mol. The first kappa shape index (κ1) is 15.2. The molecule has 110 valence electrons. The number of benzene rings is 2. The van der Waals surface area contributed by atoms with Crippen molar-refractivity contribution in [3.05, 3.63) is 62.4 Å². The van der Waals surface area contributed by atoms with Crippen LogP contribution in [0.1, 0.15) is 5.56 Å². The van der Waals surface area contributed by atoms with Crippen LogP contribution in [-0.2, 0) is 6.61 Å². The lowest BCUT2D eigenvalue weighted by molar-refractivity contribution is -0.384. The van der Waals surface area contributed by atoms with E-state index in [-0.39, 0.29) is 12.3 Å².